The lowest BCUT2D eigenvalue weighted by molar-refractivity contribution is 0.0603. The SMILES string of the molecule is COC(=O)c1cn(C(=O)CN(c2cccc(C)c2C)S(=O)(=O)c2ccccc2)c2ccccc12. The Morgan fingerprint density at radius 2 is 1.59 bits per heavy atom. The Balaban J connectivity index is 1.84. The number of hydrogen-bond acceptors (Lipinski definition) is 5. The molecular formula is C26H24N2O5S. The monoisotopic (exact) mass is 476 g/mol. The van der Waals surface area contributed by atoms with E-state index in [1.165, 1.54) is 30.0 Å². The average Bonchev–Trinajstić information content (AvgIpc) is 3.24. The Morgan fingerprint density at radius 1 is 0.912 bits per heavy atom. The molecule has 0 atom stereocenters. The van der Waals surface area contributed by atoms with Gasteiger partial charge in [-0.05, 0) is 49.2 Å². The highest BCUT2D eigenvalue weighted by atomic mass is 32.2. The number of hydrogen-bond donors (Lipinski definition) is 0. The van der Waals surface area contributed by atoms with E-state index in [0.29, 0.717) is 16.6 Å². The molecule has 34 heavy (non-hydrogen) atoms. The number of para-hydroxylation sites is 1. The van der Waals surface area contributed by atoms with Gasteiger partial charge in [-0.15, -0.1) is 0 Å². The van der Waals surface area contributed by atoms with Crippen LogP contribution in [0.4, 0.5) is 5.69 Å². The van der Waals surface area contributed by atoms with Crippen molar-refractivity contribution in [1.82, 2.24) is 4.57 Å². The Morgan fingerprint density at radius 3 is 2.29 bits per heavy atom. The highest BCUT2D eigenvalue weighted by Gasteiger charge is 2.30. The third kappa shape index (κ3) is 4.08. The number of aryl methyl sites for hydroxylation is 1. The van der Waals surface area contributed by atoms with E-state index in [-0.39, 0.29) is 10.5 Å². The first-order valence-corrected chi connectivity index (χ1v) is 12.1. The van der Waals surface area contributed by atoms with E-state index >= 15 is 0 Å². The van der Waals surface area contributed by atoms with E-state index in [1.807, 2.05) is 19.9 Å². The summed E-state index contributed by atoms with van der Waals surface area (Å²) in [6, 6.07) is 20.2. The Labute approximate surface area is 198 Å². The number of esters is 1. The average molecular weight is 477 g/mol. The van der Waals surface area contributed by atoms with Gasteiger partial charge >= 0.3 is 5.97 Å². The lowest BCUT2D eigenvalue weighted by atomic mass is 10.1. The van der Waals surface area contributed by atoms with Crippen LogP contribution in [0.1, 0.15) is 26.3 Å². The van der Waals surface area contributed by atoms with Gasteiger partial charge in [-0.25, -0.2) is 13.2 Å². The molecule has 0 N–H and O–H groups in total. The number of ether oxygens (including phenoxy) is 1. The molecule has 0 amide bonds. The number of nitrogens with zero attached hydrogens (tertiary/aromatic N) is 2. The zero-order valence-corrected chi connectivity index (χ0v) is 19.9. The van der Waals surface area contributed by atoms with E-state index in [4.69, 9.17) is 4.74 Å². The molecule has 0 aliphatic heterocycles. The molecular weight excluding hydrogens is 452 g/mol. The van der Waals surface area contributed by atoms with Crippen molar-refractivity contribution in [3.8, 4) is 0 Å². The Kier molecular flexibility index (Phi) is 6.26. The fraction of sp³-hybridized carbons (Fsp3) is 0.154. The van der Waals surface area contributed by atoms with Gasteiger partial charge in [-0.3, -0.25) is 13.7 Å². The zero-order valence-electron chi connectivity index (χ0n) is 19.1. The second-order valence-electron chi connectivity index (χ2n) is 7.86. The van der Waals surface area contributed by atoms with E-state index in [1.54, 1.807) is 54.6 Å². The van der Waals surface area contributed by atoms with Gasteiger partial charge in [0.05, 0.1) is 28.8 Å². The minimum Gasteiger partial charge on any atom is -0.465 e. The summed E-state index contributed by atoms with van der Waals surface area (Å²) in [5.41, 5.74) is 2.79. The van der Waals surface area contributed by atoms with Gasteiger partial charge in [0.15, 0.2) is 0 Å². The van der Waals surface area contributed by atoms with Crippen molar-refractivity contribution >= 4 is 38.5 Å². The maximum Gasteiger partial charge on any atom is 0.340 e. The normalized spacial score (nSPS) is 11.4. The highest BCUT2D eigenvalue weighted by Crippen LogP contribution is 2.29. The minimum absolute atomic E-state index is 0.0799. The molecule has 4 aromatic rings. The number of carbonyl (C=O) groups is 2. The summed E-state index contributed by atoms with van der Waals surface area (Å²) in [6.07, 6.45) is 1.40. The molecule has 0 saturated heterocycles. The predicted octanol–water partition coefficient (Wildman–Crippen LogP) is 4.58. The van der Waals surface area contributed by atoms with E-state index in [2.05, 4.69) is 0 Å². The van der Waals surface area contributed by atoms with Gasteiger partial charge in [0.1, 0.15) is 6.54 Å². The van der Waals surface area contributed by atoms with Crippen molar-refractivity contribution < 1.29 is 22.7 Å². The number of benzene rings is 3. The molecule has 7 nitrogen and oxygen atoms in total. The number of carbonyl (C=O) groups excluding carboxylic acids is 2. The summed E-state index contributed by atoms with van der Waals surface area (Å²) in [5.74, 6) is -1.09. The Hall–Kier alpha value is -3.91. The van der Waals surface area contributed by atoms with Crippen LogP contribution in [-0.4, -0.2) is 38.5 Å². The minimum atomic E-state index is -4.06. The Bertz CT molecular complexity index is 1490. The second kappa shape index (κ2) is 9.15. The van der Waals surface area contributed by atoms with Gasteiger partial charge in [0, 0.05) is 11.6 Å². The second-order valence-corrected chi connectivity index (χ2v) is 9.72. The number of fused-ring (bicyclic) bond motifs is 1. The van der Waals surface area contributed by atoms with Crippen LogP contribution in [0.2, 0.25) is 0 Å². The van der Waals surface area contributed by atoms with Crippen LogP contribution in [0.3, 0.4) is 0 Å². The molecule has 0 saturated carbocycles. The molecule has 0 aliphatic carbocycles. The summed E-state index contributed by atoms with van der Waals surface area (Å²) in [7, 11) is -2.79. The summed E-state index contributed by atoms with van der Waals surface area (Å²) in [6.45, 7) is 3.25. The smallest absolute Gasteiger partial charge is 0.340 e. The standard InChI is InChI=1S/C26H24N2O5S/c1-18-10-9-15-23(19(18)2)28(34(31,32)20-11-5-4-6-12-20)17-25(29)27-16-22(26(30)33-3)21-13-7-8-14-24(21)27/h4-16H,17H2,1-3H3. The number of methoxy groups -OCH3 is 1. The van der Waals surface area contributed by atoms with Gasteiger partial charge in [-0.1, -0.05) is 48.5 Å². The van der Waals surface area contributed by atoms with Crippen molar-refractivity contribution in [2.24, 2.45) is 0 Å². The van der Waals surface area contributed by atoms with Crippen LogP contribution in [0.5, 0.6) is 0 Å². The summed E-state index contributed by atoms with van der Waals surface area (Å²) >= 11 is 0. The quantitative estimate of drug-likeness (QED) is 0.380. The van der Waals surface area contributed by atoms with E-state index in [0.717, 1.165) is 15.4 Å². The number of rotatable bonds is 6. The fourth-order valence-corrected chi connectivity index (χ4v) is 5.38. The molecule has 1 heterocycles. The maximum atomic E-state index is 13.7. The first kappa shape index (κ1) is 23.3. The molecule has 0 bridgehead atoms. The summed E-state index contributed by atoms with van der Waals surface area (Å²) in [5, 5.41) is 0.548. The van der Waals surface area contributed by atoms with Crippen LogP contribution >= 0.6 is 0 Å². The van der Waals surface area contributed by atoms with Crippen molar-refractivity contribution in [2.75, 3.05) is 18.0 Å². The number of sulfonamides is 1. The molecule has 4 rings (SSSR count). The molecule has 0 radical (unpaired) electrons. The van der Waals surface area contributed by atoms with Crippen LogP contribution in [0.15, 0.2) is 83.9 Å². The van der Waals surface area contributed by atoms with E-state index < -0.39 is 28.4 Å². The summed E-state index contributed by atoms with van der Waals surface area (Å²) in [4.78, 5) is 25.9. The van der Waals surface area contributed by atoms with Crippen molar-refractivity contribution in [3.63, 3.8) is 0 Å². The molecule has 0 fully saturated rings. The number of aromatic nitrogens is 1. The molecule has 0 aliphatic rings. The van der Waals surface area contributed by atoms with E-state index in [9.17, 15) is 18.0 Å². The first-order valence-electron chi connectivity index (χ1n) is 10.6. The van der Waals surface area contributed by atoms with Gasteiger partial charge in [-0.2, -0.15) is 0 Å². The van der Waals surface area contributed by atoms with Crippen molar-refractivity contribution in [2.45, 2.75) is 18.7 Å². The number of anilines is 1. The summed E-state index contributed by atoms with van der Waals surface area (Å²) < 4.78 is 34.6. The lowest BCUT2D eigenvalue weighted by Crippen LogP contribution is -2.38. The van der Waals surface area contributed by atoms with Crippen LogP contribution in [-0.2, 0) is 14.8 Å². The van der Waals surface area contributed by atoms with Gasteiger partial charge < -0.3 is 4.74 Å². The maximum absolute atomic E-state index is 13.7. The van der Waals surface area contributed by atoms with Crippen molar-refractivity contribution in [3.05, 3.63) is 95.7 Å². The first-order chi connectivity index (χ1) is 16.3. The molecule has 1 aromatic heterocycles. The molecule has 174 valence electrons. The topological polar surface area (TPSA) is 85.7 Å². The molecule has 8 heteroatoms. The van der Waals surface area contributed by atoms with Gasteiger partial charge in [0.2, 0.25) is 0 Å². The fourth-order valence-electron chi connectivity index (χ4n) is 3.88. The lowest BCUT2D eigenvalue weighted by Gasteiger charge is -2.26. The molecule has 0 unspecified atom stereocenters. The zero-order chi connectivity index (χ0) is 24.5. The third-order valence-corrected chi connectivity index (χ3v) is 7.61. The highest BCUT2D eigenvalue weighted by molar-refractivity contribution is 7.92. The largest absolute Gasteiger partial charge is 0.465 e. The molecule has 3 aromatic carbocycles. The predicted molar refractivity (Wildman–Crippen MR) is 131 cm³/mol. The van der Waals surface area contributed by atoms with Crippen molar-refractivity contribution in [1.29, 1.82) is 0 Å². The third-order valence-electron chi connectivity index (χ3n) is 5.84. The van der Waals surface area contributed by atoms with Gasteiger partial charge in [0.25, 0.3) is 15.9 Å². The van der Waals surface area contributed by atoms with Crippen LogP contribution in [0, 0.1) is 13.8 Å². The van der Waals surface area contributed by atoms with Crippen LogP contribution < -0.4 is 4.31 Å². The van der Waals surface area contributed by atoms with Crippen LogP contribution in [0.25, 0.3) is 10.9 Å². The molecule has 0 spiro atoms.